The maximum absolute atomic E-state index is 13.0. The second-order valence-corrected chi connectivity index (χ2v) is 6.56. The van der Waals surface area contributed by atoms with Gasteiger partial charge in [-0.1, -0.05) is 42.5 Å². The van der Waals surface area contributed by atoms with Crippen LogP contribution >= 0.6 is 0 Å². The van der Waals surface area contributed by atoms with Crippen molar-refractivity contribution in [3.8, 4) is 0 Å². The molecule has 0 saturated heterocycles. The normalized spacial score (nSPS) is 11.8. The molecule has 3 rings (SSSR count). The molecular formula is C24H21FN2O2. The van der Waals surface area contributed by atoms with Gasteiger partial charge in [-0.05, 0) is 60.5 Å². The Labute approximate surface area is 169 Å². The molecule has 0 radical (unpaired) electrons. The highest BCUT2D eigenvalue weighted by molar-refractivity contribution is 6.04. The van der Waals surface area contributed by atoms with Gasteiger partial charge >= 0.3 is 0 Å². The predicted octanol–water partition coefficient (Wildman–Crippen LogP) is 4.97. The molecule has 0 aromatic heterocycles. The minimum absolute atomic E-state index is 0.185. The molecule has 146 valence electrons. The van der Waals surface area contributed by atoms with Crippen LogP contribution in [0.1, 0.15) is 34.5 Å². The molecule has 0 heterocycles. The Kier molecular flexibility index (Phi) is 6.53. The molecule has 3 aromatic rings. The van der Waals surface area contributed by atoms with E-state index in [1.165, 1.54) is 30.3 Å². The average Bonchev–Trinajstić information content (AvgIpc) is 2.74. The summed E-state index contributed by atoms with van der Waals surface area (Å²) in [5, 5.41) is 5.67. The minimum Gasteiger partial charge on any atom is -0.346 e. The van der Waals surface area contributed by atoms with Crippen LogP contribution in [0.5, 0.6) is 0 Å². The van der Waals surface area contributed by atoms with E-state index in [1.807, 2.05) is 49.4 Å². The lowest BCUT2D eigenvalue weighted by atomic mass is 10.1. The summed E-state index contributed by atoms with van der Waals surface area (Å²) < 4.78 is 13.0. The van der Waals surface area contributed by atoms with Gasteiger partial charge in [-0.2, -0.15) is 0 Å². The van der Waals surface area contributed by atoms with Crippen LogP contribution < -0.4 is 10.6 Å². The lowest BCUT2D eigenvalue weighted by Crippen LogP contribution is -2.24. The Morgan fingerprint density at radius 2 is 1.55 bits per heavy atom. The highest BCUT2D eigenvalue weighted by atomic mass is 19.1. The molecule has 1 unspecified atom stereocenters. The molecule has 4 nitrogen and oxygen atoms in total. The number of hydrogen-bond donors (Lipinski definition) is 2. The topological polar surface area (TPSA) is 58.2 Å². The van der Waals surface area contributed by atoms with Crippen molar-refractivity contribution in [3.05, 3.63) is 107 Å². The van der Waals surface area contributed by atoms with Gasteiger partial charge in [0.1, 0.15) is 5.82 Å². The van der Waals surface area contributed by atoms with Gasteiger partial charge in [0.15, 0.2) is 0 Å². The molecule has 0 spiro atoms. The Hall–Kier alpha value is -3.73. The van der Waals surface area contributed by atoms with Gasteiger partial charge in [0.25, 0.3) is 5.91 Å². The fraction of sp³-hybridized carbons (Fsp3) is 0.0833. The summed E-state index contributed by atoms with van der Waals surface area (Å²) in [5.41, 5.74) is 2.86. The van der Waals surface area contributed by atoms with Gasteiger partial charge in [0.2, 0.25) is 5.91 Å². The highest BCUT2D eigenvalue weighted by Gasteiger charge is 2.09. The molecule has 5 heteroatoms. The third kappa shape index (κ3) is 5.87. The summed E-state index contributed by atoms with van der Waals surface area (Å²) in [6.07, 6.45) is 3.26. The van der Waals surface area contributed by atoms with E-state index >= 15 is 0 Å². The number of carbonyl (C=O) groups excluding carboxylic acids is 2. The van der Waals surface area contributed by atoms with Crippen molar-refractivity contribution < 1.29 is 14.0 Å². The van der Waals surface area contributed by atoms with Crippen molar-refractivity contribution in [1.29, 1.82) is 0 Å². The minimum atomic E-state index is -0.388. The summed E-state index contributed by atoms with van der Waals surface area (Å²) in [5.74, 6) is -0.888. The molecule has 3 aromatic carbocycles. The van der Waals surface area contributed by atoms with Gasteiger partial charge in [-0.15, -0.1) is 0 Å². The van der Waals surface area contributed by atoms with Crippen LogP contribution in [0.3, 0.4) is 0 Å². The standard InChI is InChI=1S/C24H21FN2O2/c1-17(26-23(28)16-7-18-5-3-2-4-6-18)19-10-14-22(15-11-19)27-24(29)20-8-12-21(25)13-9-20/h2-17H,1H3,(H,26,28)(H,27,29)/b16-7+. The maximum Gasteiger partial charge on any atom is 0.255 e. The van der Waals surface area contributed by atoms with E-state index in [9.17, 15) is 14.0 Å². The average molecular weight is 388 g/mol. The molecule has 0 saturated carbocycles. The summed E-state index contributed by atoms with van der Waals surface area (Å²) in [4.78, 5) is 24.3. The van der Waals surface area contributed by atoms with Gasteiger partial charge in [0, 0.05) is 17.3 Å². The van der Waals surface area contributed by atoms with Crippen molar-refractivity contribution in [2.45, 2.75) is 13.0 Å². The van der Waals surface area contributed by atoms with Gasteiger partial charge in [0.05, 0.1) is 6.04 Å². The van der Waals surface area contributed by atoms with E-state index in [1.54, 1.807) is 18.2 Å². The van der Waals surface area contributed by atoms with E-state index in [2.05, 4.69) is 10.6 Å². The largest absolute Gasteiger partial charge is 0.346 e. The maximum atomic E-state index is 13.0. The zero-order valence-corrected chi connectivity index (χ0v) is 15.9. The molecule has 0 aliphatic carbocycles. The lowest BCUT2D eigenvalue weighted by molar-refractivity contribution is -0.117. The van der Waals surface area contributed by atoms with Crippen molar-refractivity contribution in [2.24, 2.45) is 0 Å². The summed E-state index contributed by atoms with van der Waals surface area (Å²) in [6, 6.07) is 22.0. The molecule has 29 heavy (non-hydrogen) atoms. The lowest BCUT2D eigenvalue weighted by Gasteiger charge is -2.14. The van der Waals surface area contributed by atoms with Crippen LogP contribution in [0.2, 0.25) is 0 Å². The number of benzene rings is 3. The van der Waals surface area contributed by atoms with Crippen molar-refractivity contribution in [1.82, 2.24) is 5.32 Å². The molecule has 0 bridgehead atoms. The molecule has 1 atom stereocenters. The second kappa shape index (κ2) is 9.46. The van der Waals surface area contributed by atoms with Crippen LogP contribution in [-0.2, 0) is 4.79 Å². The van der Waals surface area contributed by atoms with Crippen LogP contribution in [0.15, 0.2) is 84.9 Å². The fourth-order valence-corrected chi connectivity index (χ4v) is 2.74. The van der Waals surface area contributed by atoms with E-state index < -0.39 is 0 Å². The zero-order valence-electron chi connectivity index (χ0n) is 15.9. The summed E-state index contributed by atoms with van der Waals surface area (Å²) in [7, 11) is 0. The third-order valence-electron chi connectivity index (χ3n) is 4.36. The number of rotatable bonds is 6. The summed E-state index contributed by atoms with van der Waals surface area (Å²) >= 11 is 0. The van der Waals surface area contributed by atoms with Crippen LogP contribution in [-0.4, -0.2) is 11.8 Å². The smallest absolute Gasteiger partial charge is 0.255 e. The number of hydrogen-bond acceptors (Lipinski definition) is 2. The first kappa shape index (κ1) is 20.0. The first-order chi connectivity index (χ1) is 14.0. The van der Waals surface area contributed by atoms with Gasteiger partial charge in [-0.3, -0.25) is 9.59 Å². The fourth-order valence-electron chi connectivity index (χ4n) is 2.74. The Bertz CT molecular complexity index is 997. The SMILES string of the molecule is CC(NC(=O)/C=C/c1ccccc1)c1ccc(NC(=O)c2ccc(F)cc2)cc1. The quantitative estimate of drug-likeness (QED) is 0.586. The summed E-state index contributed by atoms with van der Waals surface area (Å²) in [6.45, 7) is 1.89. The van der Waals surface area contributed by atoms with Crippen molar-refractivity contribution >= 4 is 23.6 Å². The number of carbonyl (C=O) groups is 2. The highest BCUT2D eigenvalue weighted by Crippen LogP contribution is 2.17. The number of nitrogens with one attached hydrogen (secondary N) is 2. The van der Waals surface area contributed by atoms with Crippen LogP contribution in [0, 0.1) is 5.82 Å². The van der Waals surface area contributed by atoms with Crippen LogP contribution in [0.4, 0.5) is 10.1 Å². The predicted molar refractivity (Wildman–Crippen MR) is 113 cm³/mol. The molecule has 0 aliphatic rings. The molecular weight excluding hydrogens is 367 g/mol. The number of halogens is 1. The van der Waals surface area contributed by atoms with Gasteiger partial charge < -0.3 is 10.6 Å². The Balaban J connectivity index is 1.56. The Morgan fingerprint density at radius 3 is 2.21 bits per heavy atom. The van der Waals surface area contributed by atoms with Crippen molar-refractivity contribution in [3.63, 3.8) is 0 Å². The van der Waals surface area contributed by atoms with Crippen LogP contribution in [0.25, 0.3) is 6.08 Å². The number of amides is 2. The first-order valence-electron chi connectivity index (χ1n) is 9.22. The molecule has 2 amide bonds. The zero-order chi connectivity index (χ0) is 20.6. The molecule has 0 aliphatic heterocycles. The van der Waals surface area contributed by atoms with E-state index in [0.29, 0.717) is 11.3 Å². The molecule has 2 N–H and O–H groups in total. The van der Waals surface area contributed by atoms with Crippen molar-refractivity contribution in [2.75, 3.05) is 5.32 Å². The van der Waals surface area contributed by atoms with E-state index in [4.69, 9.17) is 0 Å². The third-order valence-corrected chi connectivity index (χ3v) is 4.36. The van der Waals surface area contributed by atoms with Gasteiger partial charge in [-0.25, -0.2) is 4.39 Å². The van der Waals surface area contributed by atoms with E-state index in [0.717, 1.165) is 11.1 Å². The van der Waals surface area contributed by atoms with E-state index in [-0.39, 0.29) is 23.7 Å². The Morgan fingerprint density at radius 1 is 0.897 bits per heavy atom. The monoisotopic (exact) mass is 388 g/mol. The second-order valence-electron chi connectivity index (χ2n) is 6.56. The molecule has 0 fully saturated rings. The first-order valence-corrected chi connectivity index (χ1v) is 9.22. The number of anilines is 1.